The molecule has 0 heterocycles. The molecule has 1 fully saturated rings. The minimum absolute atomic E-state index is 0.169. The maximum atomic E-state index is 11.7. The van der Waals surface area contributed by atoms with E-state index in [9.17, 15) is 9.90 Å². The smallest absolute Gasteiger partial charge is 0.222 e. The molecule has 0 radical (unpaired) electrons. The van der Waals surface area contributed by atoms with Crippen molar-refractivity contribution >= 4 is 5.91 Å². The largest absolute Gasteiger partial charge is 0.392 e. The number of carbonyl (C=O) groups is 1. The predicted octanol–water partition coefficient (Wildman–Crippen LogP) is 5.35. The molecule has 0 aromatic rings. The van der Waals surface area contributed by atoms with Crippen LogP contribution in [-0.4, -0.2) is 36.1 Å². The lowest BCUT2D eigenvalue weighted by atomic mass is 9.88. The highest BCUT2D eigenvalue weighted by Crippen LogP contribution is 2.48. The third-order valence-electron chi connectivity index (χ3n) is 6.53. The molecular formula is C24H41NO2. The van der Waals surface area contributed by atoms with Gasteiger partial charge >= 0.3 is 0 Å². The molecule has 2 rings (SSSR count). The van der Waals surface area contributed by atoms with Crippen LogP contribution < -0.4 is 0 Å². The molecule has 5 atom stereocenters. The first-order valence-electron chi connectivity index (χ1n) is 11.2. The first-order valence-corrected chi connectivity index (χ1v) is 11.2. The molecule has 0 aromatic carbocycles. The van der Waals surface area contributed by atoms with E-state index in [-0.39, 0.29) is 12.0 Å². The van der Waals surface area contributed by atoms with Crippen molar-refractivity contribution in [3.05, 3.63) is 23.8 Å². The van der Waals surface area contributed by atoms with Gasteiger partial charge in [-0.2, -0.15) is 0 Å². The molecule has 0 saturated heterocycles. The van der Waals surface area contributed by atoms with Gasteiger partial charge in [-0.25, -0.2) is 0 Å². The summed E-state index contributed by atoms with van der Waals surface area (Å²) in [7, 11) is 3.65. The molecule has 1 saturated carbocycles. The summed E-state index contributed by atoms with van der Waals surface area (Å²) in [5.41, 5.74) is 1.56. The van der Waals surface area contributed by atoms with Crippen LogP contribution in [0.3, 0.4) is 0 Å². The van der Waals surface area contributed by atoms with E-state index in [1.165, 1.54) is 19.3 Å². The third kappa shape index (κ3) is 6.78. The number of nitrogens with zero attached hydrogens (tertiary/aromatic N) is 1. The van der Waals surface area contributed by atoms with E-state index in [0.29, 0.717) is 24.2 Å². The van der Waals surface area contributed by atoms with Gasteiger partial charge in [-0.3, -0.25) is 4.79 Å². The average Bonchev–Trinajstić information content (AvgIpc) is 3.14. The van der Waals surface area contributed by atoms with Crippen LogP contribution in [0, 0.1) is 23.7 Å². The lowest BCUT2D eigenvalue weighted by Gasteiger charge is -2.18. The summed E-state index contributed by atoms with van der Waals surface area (Å²) in [4.78, 5) is 13.3. The van der Waals surface area contributed by atoms with E-state index in [0.717, 1.165) is 44.4 Å². The normalized spacial score (nSPS) is 28.4. The molecule has 2 aliphatic rings. The lowest BCUT2D eigenvalue weighted by Crippen LogP contribution is -2.21. The standard InChI is InChI=1S/C24H41NO2/c1-5-6-10-18(2)11-9-13-21-22-16-19(15-20(22)17-23(21)26)12-7-8-14-24(27)25(3)4/h9,13,15,18,20-23,26H,5-8,10-12,14,16-17H2,1-4H3/b13-9+/t18-,20+,21-,22+,23-/m1/s1. The fraction of sp³-hybridized carbons (Fsp3) is 0.792. The molecule has 3 nitrogen and oxygen atoms in total. The Hall–Kier alpha value is -1.09. The van der Waals surface area contributed by atoms with Gasteiger partial charge in [0.15, 0.2) is 0 Å². The maximum absolute atomic E-state index is 11.7. The summed E-state index contributed by atoms with van der Waals surface area (Å²) in [5, 5.41) is 10.5. The Morgan fingerprint density at radius 3 is 2.81 bits per heavy atom. The zero-order valence-corrected chi connectivity index (χ0v) is 18.0. The molecule has 154 valence electrons. The molecule has 1 N–H and O–H groups in total. The summed E-state index contributed by atoms with van der Waals surface area (Å²) in [6.45, 7) is 4.59. The fourth-order valence-electron chi connectivity index (χ4n) is 4.78. The Morgan fingerprint density at radius 1 is 1.33 bits per heavy atom. The second-order valence-corrected chi connectivity index (χ2v) is 9.14. The summed E-state index contributed by atoms with van der Waals surface area (Å²) in [6, 6.07) is 0. The number of fused-ring (bicyclic) bond motifs is 1. The average molecular weight is 376 g/mol. The van der Waals surface area contributed by atoms with Crippen LogP contribution in [0.5, 0.6) is 0 Å². The van der Waals surface area contributed by atoms with Crippen LogP contribution in [0.15, 0.2) is 23.8 Å². The summed E-state index contributed by atoms with van der Waals surface area (Å²) >= 11 is 0. The van der Waals surface area contributed by atoms with Gasteiger partial charge in [0.25, 0.3) is 0 Å². The Bertz CT molecular complexity index is 522. The minimum atomic E-state index is -0.169. The Labute approximate surface area is 166 Å². The molecule has 0 bridgehead atoms. The van der Waals surface area contributed by atoms with Crippen molar-refractivity contribution in [3.8, 4) is 0 Å². The van der Waals surface area contributed by atoms with Crippen LogP contribution in [0.25, 0.3) is 0 Å². The number of aliphatic hydroxyl groups is 1. The van der Waals surface area contributed by atoms with E-state index in [1.807, 2.05) is 14.1 Å². The Kier molecular flexibility index (Phi) is 9.08. The van der Waals surface area contributed by atoms with E-state index in [1.54, 1.807) is 10.5 Å². The highest BCUT2D eigenvalue weighted by Gasteiger charge is 2.43. The lowest BCUT2D eigenvalue weighted by molar-refractivity contribution is -0.128. The monoisotopic (exact) mass is 375 g/mol. The van der Waals surface area contributed by atoms with Gasteiger partial charge in [-0.1, -0.05) is 56.9 Å². The predicted molar refractivity (Wildman–Crippen MR) is 113 cm³/mol. The number of aliphatic hydroxyl groups excluding tert-OH is 1. The number of hydrogen-bond acceptors (Lipinski definition) is 2. The molecule has 3 heteroatoms. The van der Waals surface area contributed by atoms with Crippen molar-refractivity contribution in [2.75, 3.05) is 14.1 Å². The van der Waals surface area contributed by atoms with Crippen LogP contribution >= 0.6 is 0 Å². The molecule has 0 aliphatic heterocycles. The quantitative estimate of drug-likeness (QED) is 0.390. The first kappa shape index (κ1) is 22.2. The van der Waals surface area contributed by atoms with Crippen molar-refractivity contribution in [2.24, 2.45) is 23.7 Å². The second-order valence-electron chi connectivity index (χ2n) is 9.14. The van der Waals surface area contributed by atoms with E-state index in [2.05, 4.69) is 32.1 Å². The maximum Gasteiger partial charge on any atom is 0.222 e. The molecule has 0 spiro atoms. The molecule has 1 amide bonds. The number of allylic oxidation sites excluding steroid dienone is 3. The second kappa shape index (κ2) is 11.0. The van der Waals surface area contributed by atoms with Gasteiger partial charge in [0.05, 0.1) is 6.10 Å². The Morgan fingerprint density at radius 2 is 2.11 bits per heavy atom. The summed E-state index contributed by atoms with van der Waals surface area (Å²) in [6.07, 6.45) is 17.9. The number of amides is 1. The van der Waals surface area contributed by atoms with Crippen molar-refractivity contribution in [3.63, 3.8) is 0 Å². The molecular weight excluding hydrogens is 334 g/mol. The first-order chi connectivity index (χ1) is 12.9. The summed E-state index contributed by atoms with van der Waals surface area (Å²) < 4.78 is 0. The third-order valence-corrected chi connectivity index (χ3v) is 6.53. The zero-order valence-electron chi connectivity index (χ0n) is 18.0. The van der Waals surface area contributed by atoms with Crippen molar-refractivity contribution in [2.45, 2.75) is 84.2 Å². The molecule has 2 aliphatic carbocycles. The van der Waals surface area contributed by atoms with Crippen LogP contribution in [0.1, 0.15) is 78.1 Å². The number of hydrogen-bond donors (Lipinski definition) is 1. The van der Waals surface area contributed by atoms with Crippen molar-refractivity contribution < 1.29 is 9.90 Å². The number of carbonyl (C=O) groups excluding carboxylic acids is 1. The number of rotatable bonds is 11. The zero-order chi connectivity index (χ0) is 19.8. The van der Waals surface area contributed by atoms with Gasteiger partial charge in [0, 0.05) is 26.4 Å². The topological polar surface area (TPSA) is 40.5 Å². The van der Waals surface area contributed by atoms with Crippen molar-refractivity contribution in [1.82, 2.24) is 4.90 Å². The molecule has 0 unspecified atom stereocenters. The van der Waals surface area contributed by atoms with E-state index < -0.39 is 0 Å². The Balaban J connectivity index is 1.74. The minimum Gasteiger partial charge on any atom is -0.392 e. The SMILES string of the molecule is CCCC[C@@H](C)C/C=C/[C@@H]1[C@H]2CC(CCCCC(=O)N(C)C)=C[C@H]2C[C@H]1O. The van der Waals surface area contributed by atoms with Crippen LogP contribution in [-0.2, 0) is 4.79 Å². The summed E-state index contributed by atoms with van der Waals surface area (Å²) in [5.74, 6) is 2.47. The number of unbranched alkanes of at least 4 members (excludes halogenated alkanes) is 2. The van der Waals surface area contributed by atoms with E-state index in [4.69, 9.17) is 0 Å². The highest BCUT2D eigenvalue weighted by atomic mass is 16.3. The van der Waals surface area contributed by atoms with Gasteiger partial charge in [0.2, 0.25) is 5.91 Å². The highest BCUT2D eigenvalue weighted by molar-refractivity contribution is 5.75. The fourth-order valence-corrected chi connectivity index (χ4v) is 4.78. The van der Waals surface area contributed by atoms with Gasteiger partial charge in [-0.15, -0.1) is 0 Å². The van der Waals surface area contributed by atoms with Crippen LogP contribution in [0.2, 0.25) is 0 Å². The molecule has 27 heavy (non-hydrogen) atoms. The van der Waals surface area contributed by atoms with Gasteiger partial charge in [-0.05, 0) is 56.3 Å². The van der Waals surface area contributed by atoms with E-state index >= 15 is 0 Å². The van der Waals surface area contributed by atoms with Gasteiger partial charge in [0.1, 0.15) is 0 Å². The van der Waals surface area contributed by atoms with Crippen LogP contribution in [0.4, 0.5) is 0 Å². The molecule has 0 aromatic heterocycles. The van der Waals surface area contributed by atoms with Crippen molar-refractivity contribution in [1.29, 1.82) is 0 Å². The van der Waals surface area contributed by atoms with Gasteiger partial charge < -0.3 is 10.0 Å².